The molecule has 0 aliphatic heterocycles. The number of nitrogens with zero attached hydrogens (tertiary/aromatic N) is 5. The fraction of sp³-hybridized carbons (Fsp3) is 0.100. The summed E-state index contributed by atoms with van der Waals surface area (Å²) in [5.74, 6) is 0. The molecule has 0 amide bonds. The molecule has 0 saturated heterocycles. The average Bonchev–Trinajstić information content (AvgIpc) is 3.28. The van der Waals surface area contributed by atoms with Crippen molar-refractivity contribution in [2.75, 3.05) is 0 Å². The molecule has 0 bridgehead atoms. The van der Waals surface area contributed by atoms with Crippen molar-refractivity contribution in [2.45, 2.75) is 6.92 Å². The highest BCUT2D eigenvalue weighted by Gasteiger charge is 2.14. The normalized spacial score (nSPS) is 11.5. The van der Waals surface area contributed by atoms with E-state index >= 15 is 0 Å². The number of nitrogens with one attached hydrogen (secondary N) is 1. The van der Waals surface area contributed by atoms with Gasteiger partial charge in [-0.15, -0.1) is 0 Å². The van der Waals surface area contributed by atoms with E-state index in [-0.39, 0.29) is 0 Å². The molecule has 1 aromatic carbocycles. The van der Waals surface area contributed by atoms with Crippen LogP contribution in [0.3, 0.4) is 0 Å². The molecule has 4 heterocycles. The first-order valence-corrected chi connectivity index (χ1v) is 8.37. The van der Waals surface area contributed by atoms with Gasteiger partial charge in [0.05, 0.1) is 11.7 Å². The van der Waals surface area contributed by atoms with Crippen LogP contribution < -0.4 is 0 Å². The van der Waals surface area contributed by atoms with E-state index in [1.807, 2.05) is 55.6 Å². The summed E-state index contributed by atoms with van der Waals surface area (Å²) in [6.07, 6.45) is 9.34. The van der Waals surface area contributed by atoms with Crippen LogP contribution in [0.2, 0.25) is 0 Å². The Morgan fingerprint density at radius 1 is 1.00 bits per heavy atom. The second kappa shape index (κ2) is 5.49. The predicted molar refractivity (Wildman–Crippen MR) is 102 cm³/mol. The summed E-state index contributed by atoms with van der Waals surface area (Å²) in [6.45, 7) is 2.01. The summed E-state index contributed by atoms with van der Waals surface area (Å²) in [5, 5.41) is 6.46. The van der Waals surface area contributed by atoms with Crippen LogP contribution in [-0.2, 0) is 7.05 Å². The zero-order chi connectivity index (χ0) is 17.7. The van der Waals surface area contributed by atoms with Crippen molar-refractivity contribution in [1.82, 2.24) is 29.7 Å². The van der Waals surface area contributed by atoms with Gasteiger partial charge in [-0.2, -0.15) is 5.10 Å². The molecule has 5 aromatic rings. The number of hydrogen-bond donors (Lipinski definition) is 1. The van der Waals surface area contributed by atoms with Crippen LogP contribution >= 0.6 is 0 Å². The molecular formula is C20H16N6. The second-order valence-corrected chi connectivity index (χ2v) is 6.38. The summed E-state index contributed by atoms with van der Waals surface area (Å²) in [5.41, 5.74) is 7.19. The Morgan fingerprint density at radius 2 is 1.92 bits per heavy atom. The highest BCUT2D eigenvalue weighted by Crippen LogP contribution is 2.36. The first kappa shape index (κ1) is 14.8. The van der Waals surface area contributed by atoms with Crippen molar-refractivity contribution in [3.05, 3.63) is 61.1 Å². The predicted octanol–water partition coefficient (Wildman–Crippen LogP) is 3.88. The summed E-state index contributed by atoms with van der Waals surface area (Å²) in [7, 11) is 1.92. The molecule has 0 atom stereocenters. The van der Waals surface area contributed by atoms with Gasteiger partial charge in [0.15, 0.2) is 0 Å². The maximum absolute atomic E-state index is 4.49. The van der Waals surface area contributed by atoms with Crippen molar-refractivity contribution < 1.29 is 0 Å². The van der Waals surface area contributed by atoms with Gasteiger partial charge in [-0.05, 0) is 36.2 Å². The van der Waals surface area contributed by atoms with Crippen molar-refractivity contribution in [3.8, 4) is 22.3 Å². The minimum atomic E-state index is 0.863. The fourth-order valence-electron chi connectivity index (χ4n) is 3.44. The van der Waals surface area contributed by atoms with E-state index < -0.39 is 0 Å². The zero-order valence-corrected chi connectivity index (χ0v) is 14.4. The molecule has 0 saturated carbocycles. The van der Waals surface area contributed by atoms with Gasteiger partial charge in [0, 0.05) is 53.2 Å². The summed E-state index contributed by atoms with van der Waals surface area (Å²) < 4.78 is 1.81. The number of aromatic amines is 1. The lowest BCUT2D eigenvalue weighted by Crippen LogP contribution is -1.88. The molecule has 0 spiro atoms. The molecule has 0 aliphatic rings. The Hall–Kier alpha value is -3.54. The van der Waals surface area contributed by atoms with Gasteiger partial charge in [-0.1, -0.05) is 6.07 Å². The first-order chi connectivity index (χ1) is 12.7. The van der Waals surface area contributed by atoms with Crippen molar-refractivity contribution in [2.24, 2.45) is 7.05 Å². The minimum absolute atomic E-state index is 0.863. The smallest absolute Gasteiger partial charge is 0.138 e. The molecule has 0 aliphatic carbocycles. The van der Waals surface area contributed by atoms with Gasteiger partial charge >= 0.3 is 0 Å². The quantitative estimate of drug-likeness (QED) is 0.529. The van der Waals surface area contributed by atoms with E-state index in [0.717, 1.165) is 49.9 Å². The number of aromatic nitrogens is 6. The van der Waals surface area contributed by atoms with Gasteiger partial charge in [-0.3, -0.25) is 4.68 Å². The van der Waals surface area contributed by atoms with E-state index in [9.17, 15) is 0 Å². The maximum atomic E-state index is 4.49. The van der Waals surface area contributed by atoms with E-state index in [2.05, 4.69) is 37.2 Å². The third kappa shape index (κ3) is 2.19. The fourth-order valence-corrected chi connectivity index (χ4v) is 3.44. The maximum Gasteiger partial charge on any atom is 0.138 e. The molecule has 6 heteroatoms. The highest BCUT2D eigenvalue weighted by atomic mass is 15.2. The Labute approximate surface area is 149 Å². The monoisotopic (exact) mass is 340 g/mol. The SMILES string of the molecule is Cc1ncnc2ccc(-c3c[nH]c4nccc(-c5cnn(C)c5)c34)cc12. The van der Waals surface area contributed by atoms with Gasteiger partial charge in [0.2, 0.25) is 0 Å². The molecule has 0 fully saturated rings. The molecule has 6 nitrogen and oxygen atoms in total. The van der Waals surface area contributed by atoms with Crippen LogP contribution in [0.25, 0.3) is 44.2 Å². The topological polar surface area (TPSA) is 72.3 Å². The van der Waals surface area contributed by atoms with E-state index in [1.54, 1.807) is 6.33 Å². The first-order valence-electron chi connectivity index (χ1n) is 8.37. The van der Waals surface area contributed by atoms with Crippen LogP contribution in [0.5, 0.6) is 0 Å². The lowest BCUT2D eigenvalue weighted by atomic mass is 9.98. The third-order valence-corrected chi connectivity index (χ3v) is 4.73. The molecule has 4 aromatic heterocycles. The molecule has 1 N–H and O–H groups in total. The van der Waals surface area contributed by atoms with Gasteiger partial charge in [-0.25, -0.2) is 15.0 Å². The summed E-state index contributed by atoms with van der Waals surface area (Å²) in [6, 6.07) is 8.31. The molecule has 0 unspecified atom stereocenters. The van der Waals surface area contributed by atoms with Crippen LogP contribution in [-0.4, -0.2) is 29.7 Å². The largest absolute Gasteiger partial charge is 0.345 e. The Balaban J connectivity index is 1.79. The molecule has 0 radical (unpaired) electrons. The standard InChI is InChI=1S/C20H16N6/c1-12-16-7-13(3-4-18(16)24-11-23-12)17-9-22-20-19(17)15(5-6-21-20)14-8-25-26(2)10-14/h3-11H,1-2H3,(H,21,22). The van der Waals surface area contributed by atoms with Crippen LogP contribution in [0.4, 0.5) is 0 Å². The van der Waals surface area contributed by atoms with Gasteiger partial charge in [0.1, 0.15) is 12.0 Å². The Morgan fingerprint density at radius 3 is 2.77 bits per heavy atom. The van der Waals surface area contributed by atoms with Crippen molar-refractivity contribution in [3.63, 3.8) is 0 Å². The number of pyridine rings is 1. The van der Waals surface area contributed by atoms with Gasteiger partial charge in [0.25, 0.3) is 0 Å². The summed E-state index contributed by atoms with van der Waals surface area (Å²) >= 11 is 0. The molecule has 126 valence electrons. The average molecular weight is 340 g/mol. The Bertz CT molecular complexity index is 1260. The third-order valence-electron chi connectivity index (χ3n) is 4.73. The van der Waals surface area contributed by atoms with Crippen molar-refractivity contribution >= 4 is 21.9 Å². The number of rotatable bonds is 2. The lowest BCUT2D eigenvalue weighted by Gasteiger charge is -2.06. The summed E-state index contributed by atoms with van der Waals surface area (Å²) in [4.78, 5) is 16.5. The molecule has 26 heavy (non-hydrogen) atoms. The number of benzene rings is 1. The van der Waals surface area contributed by atoms with Crippen molar-refractivity contribution in [1.29, 1.82) is 0 Å². The van der Waals surface area contributed by atoms with E-state index in [1.165, 1.54) is 0 Å². The lowest BCUT2D eigenvalue weighted by molar-refractivity contribution is 0.768. The molecule has 5 rings (SSSR count). The number of hydrogen-bond acceptors (Lipinski definition) is 4. The molecular weight excluding hydrogens is 324 g/mol. The zero-order valence-electron chi connectivity index (χ0n) is 14.4. The van der Waals surface area contributed by atoms with Crippen LogP contribution in [0, 0.1) is 6.92 Å². The minimum Gasteiger partial charge on any atom is -0.345 e. The van der Waals surface area contributed by atoms with E-state index in [4.69, 9.17) is 0 Å². The van der Waals surface area contributed by atoms with Crippen LogP contribution in [0.15, 0.2) is 55.4 Å². The number of fused-ring (bicyclic) bond motifs is 2. The Kier molecular flexibility index (Phi) is 3.12. The van der Waals surface area contributed by atoms with Gasteiger partial charge < -0.3 is 4.98 Å². The van der Waals surface area contributed by atoms with E-state index in [0.29, 0.717) is 0 Å². The second-order valence-electron chi connectivity index (χ2n) is 6.38. The highest BCUT2D eigenvalue weighted by molar-refractivity contribution is 6.04. The number of H-pyrrole nitrogens is 1. The number of aryl methyl sites for hydroxylation is 2. The van der Waals surface area contributed by atoms with Crippen LogP contribution in [0.1, 0.15) is 5.69 Å².